The molecule has 0 aliphatic heterocycles. The Kier molecular flexibility index (Phi) is 5.14. The normalized spacial score (nSPS) is 14.0. The van der Waals surface area contributed by atoms with Crippen LogP contribution >= 0.6 is 0 Å². The van der Waals surface area contributed by atoms with Gasteiger partial charge in [0.1, 0.15) is 5.82 Å². The molecule has 25 heavy (non-hydrogen) atoms. The van der Waals surface area contributed by atoms with Crippen LogP contribution in [-0.2, 0) is 14.6 Å². The van der Waals surface area contributed by atoms with Gasteiger partial charge in [-0.25, -0.2) is 17.8 Å². The van der Waals surface area contributed by atoms with Gasteiger partial charge in [0.25, 0.3) is 5.91 Å². The van der Waals surface area contributed by atoms with Crippen molar-refractivity contribution in [1.29, 1.82) is 0 Å². The number of hydrogen-bond donors (Lipinski definition) is 2. The summed E-state index contributed by atoms with van der Waals surface area (Å²) in [6.07, 6.45) is 0. The first-order valence-corrected chi connectivity index (χ1v) is 8.86. The monoisotopic (exact) mass is 368 g/mol. The smallest absolute Gasteiger partial charge is 0.259 e. The van der Waals surface area contributed by atoms with E-state index < -0.39 is 32.9 Å². The third-order valence-corrected chi connectivity index (χ3v) is 5.38. The number of carbonyl (C=O) groups is 1. The summed E-state index contributed by atoms with van der Waals surface area (Å²) in [7, 11) is -4.02. The highest BCUT2D eigenvalue weighted by atomic mass is 32.2. The molecule has 0 saturated carbocycles. The molecule has 8 nitrogen and oxygen atoms in total. The third-order valence-electron chi connectivity index (χ3n) is 3.45. The highest BCUT2D eigenvalue weighted by Crippen LogP contribution is 2.18. The van der Waals surface area contributed by atoms with Gasteiger partial charge in [-0.1, -0.05) is 0 Å². The van der Waals surface area contributed by atoms with Crippen LogP contribution in [0.3, 0.4) is 0 Å². The van der Waals surface area contributed by atoms with Gasteiger partial charge in [-0.2, -0.15) is 5.10 Å². The fourth-order valence-electron chi connectivity index (χ4n) is 1.91. The molecule has 10 heteroatoms. The molecule has 0 bridgehead atoms. The minimum atomic E-state index is -4.02. The highest BCUT2D eigenvalue weighted by molar-refractivity contribution is 7.91. The Morgan fingerprint density at radius 3 is 2.36 bits per heavy atom. The molecule has 0 unspecified atom stereocenters. The summed E-state index contributed by atoms with van der Waals surface area (Å²) < 4.78 is 37.5. The summed E-state index contributed by atoms with van der Waals surface area (Å²) >= 11 is 0. The number of hydrogen-bond acceptors (Lipinski definition) is 7. The summed E-state index contributed by atoms with van der Waals surface area (Å²) in [5.74, 6) is -2.63. The van der Waals surface area contributed by atoms with E-state index in [4.69, 9.17) is 0 Å². The lowest BCUT2D eigenvalue weighted by molar-refractivity contribution is -0.130. The maximum absolute atomic E-state index is 12.9. The Bertz CT molecular complexity index is 898. The molecule has 134 valence electrons. The summed E-state index contributed by atoms with van der Waals surface area (Å²) in [4.78, 5) is 16.0. The standard InChI is InChI=1S/C15H17FN4O4S/c1-9-10(2)19-20-14(17-9)18-13(21)15(3,22)8-25(23,24)12-6-4-11(16)5-7-12/h4-7,22H,8H2,1-3H3,(H,17,18,20,21)/t15-/m0/s1. The second-order valence-electron chi connectivity index (χ2n) is 5.75. The van der Waals surface area contributed by atoms with Crippen LogP contribution in [0.15, 0.2) is 29.2 Å². The fraction of sp³-hybridized carbons (Fsp3) is 0.333. The average molecular weight is 368 g/mol. The van der Waals surface area contributed by atoms with E-state index in [-0.39, 0.29) is 10.8 Å². The Morgan fingerprint density at radius 2 is 1.80 bits per heavy atom. The van der Waals surface area contributed by atoms with Gasteiger partial charge < -0.3 is 5.11 Å². The zero-order valence-corrected chi connectivity index (χ0v) is 14.6. The van der Waals surface area contributed by atoms with E-state index in [0.717, 1.165) is 31.2 Å². The zero-order valence-electron chi connectivity index (χ0n) is 13.8. The number of anilines is 1. The van der Waals surface area contributed by atoms with Crippen molar-refractivity contribution in [1.82, 2.24) is 15.2 Å². The Morgan fingerprint density at radius 1 is 1.20 bits per heavy atom. The first-order chi connectivity index (χ1) is 11.5. The molecule has 2 rings (SSSR count). The summed E-state index contributed by atoms with van der Waals surface area (Å²) in [6, 6.07) is 4.09. The molecule has 1 aromatic carbocycles. The van der Waals surface area contributed by atoms with Gasteiger partial charge in [0.05, 0.1) is 22.0 Å². The number of aliphatic hydroxyl groups is 1. The number of amides is 1. The molecular weight excluding hydrogens is 351 g/mol. The molecule has 2 N–H and O–H groups in total. The quantitative estimate of drug-likeness (QED) is 0.748. The third kappa shape index (κ3) is 4.54. The van der Waals surface area contributed by atoms with Gasteiger partial charge in [-0.05, 0) is 45.0 Å². The largest absolute Gasteiger partial charge is 0.379 e. The fourth-order valence-corrected chi connectivity index (χ4v) is 3.50. The van der Waals surface area contributed by atoms with Gasteiger partial charge in [0, 0.05) is 0 Å². The number of rotatable bonds is 5. The number of aryl methyl sites for hydroxylation is 2. The van der Waals surface area contributed by atoms with Gasteiger partial charge in [0.2, 0.25) is 5.95 Å². The number of nitrogens with one attached hydrogen (secondary N) is 1. The van der Waals surface area contributed by atoms with E-state index in [9.17, 15) is 22.7 Å². The van der Waals surface area contributed by atoms with E-state index in [0.29, 0.717) is 11.4 Å². The van der Waals surface area contributed by atoms with E-state index >= 15 is 0 Å². The predicted octanol–water partition coefficient (Wildman–Crippen LogP) is 0.791. The highest BCUT2D eigenvalue weighted by Gasteiger charge is 2.37. The number of carbonyl (C=O) groups excluding carboxylic acids is 1. The second-order valence-corrected chi connectivity index (χ2v) is 7.74. The van der Waals surface area contributed by atoms with E-state index in [1.165, 1.54) is 0 Å². The van der Waals surface area contributed by atoms with Gasteiger partial charge in [-0.3, -0.25) is 10.1 Å². The molecule has 0 radical (unpaired) electrons. The number of aromatic nitrogens is 3. The minimum absolute atomic E-state index is 0.146. The lowest BCUT2D eigenvalue weighted by atomic mass is 10.1. The Labute approximate surface area is 144 Å². The van der Waals surface area contributed by atoms with Gasteiger partial charge >= 0.3 is 0 Å². The van der Waals surface area contributed by atoms with Gasteiger partial charge in [-0.15, -0.1) is 5.10 Å². The lowest BCUT2D eigenvalue weighted by Gasteiger charge is -2.21. The van der Waals surface area contributed by atoms with Crippen LogP contribution < -0.4 is 5.32 Å². The summed E-state index contributed by atoms with van der Waals surface area (Å²) in [5.41, 5.74) is -1.15. The number of nitrogens with zero attached hydrogens (tertiary/aromatic N) is 3. The first-order valence-electron chi connectivity index (χ1n) is 7.21. The van der Waals surface area contributed by atoms with E-state index in [1.54, 1.807) is 13.8 Å². The van der Waals surface area contributed by atoms with Crippen molar-refractivity contribution in [2.24, 2.45) is 0 Å². The van der Waals surface area contributed by atoms with Crippen LogP contribution in [0.25, 0.3) is 0 Å². The molecular formula is C15H17FN4O4S. The molecule has 2 aromatic rings. The van der Waals surface area contributed by atoms with Crippen LogP contribution in [0.5, 0.6) is 0 Å². The van der Waals surface area contributed by atoms with Crippen molar-refractivity contribution in [2.45, 2.75) is 31.3 Å². The predicted molar refractivity (Wildman–Crippen MR) is 87.0 cm³/mol. The minimum Gasteiger partial charge on any atom is -0.379 e. The van der Waals surface area contributed by atoms with Crippen LogP contribution in [0.1, 0.15) is 18.3 Å². The van der Waals surface area contributed by atoms with E-state index in [1.807, 2.05) is 0 Å². The average Bonchev–Trinajstić information content (AvgIpc) is 2.50. The first kappa shape index (κ1) is 18.9. The molecule has 0 spiro atoms. The molecule has 1 heterocycles. The van der Waals surface area contributed by atoms with Crippen molar-refractivity contribution in [3.05, 3.63) is 41.5 Å². The molecule has 0 aliphatic rings. The van der Waals surface area contributed by atoms with Crippen LogP contribution in [0, 0.1) is 19.7 Å². The molecule has 0 aliphatic carbocycles. The van der Waals surface area contributed by atoms with Crippen molar-refractivity contribution in [3.63, 3.8) is 0 Å². The molecule has 1 atom stereocenters. The summed E-state index contributed by atoms with van der Waals surface area (Å²) in [5, 5.41) is 20.0. The van der Waals surface area contributed by atoms with Crippen LogP contribution in [-0.4, -0.2) is 46.0 Å². The maximum Gasteiger partial charge on any atom is 0.259 e. The van der Waals surface area contributed by atoms with Crippen LogP contribution in [0.4, 0.5) is 10.3 Å². The zero-order chi connectivity index (χ0) is 18.8. The molecule has 1 amide bonds. The van der Waals surface area contributed by atoms with Gasteiger partial charge in [0.15, 0.2) is 15.4 Å². The Balaban J connectivity index is 2.17. The SMILES string of the molecule is Cc1nnc(NC(=O)[C@@](C)(O)CS(=O)(=O)c2ccc(F)cc2)nc1C. The van der Waals surface area contributed by atoms with E-state index in [2.05, 4.69) is 20.5 Å². The summed E-state index contributed by atoms with van der Waals surface area (Å²) in [6.45, 7) is 4.40. The topological polar surface area (TPSA) is 122 Å². The molecule has 0 fully saturated rings. The molecule has 1 aromatic heterocycles. The number of halogens is 1. The lowest BCUT2D eigenvalue weighted by Crippen LogP contribution is -2.46. The van der Waals surface area contributed by atoms with Crippen molar-refractivity contribution in [3.8, 4) is 0 Å². The van der Waals surface area contributed by atoms with Crippen molar-refractivity contribution in [2.75, 3.05) is 11.1 Å². The number of benzene rings is 1. The van der Waals surface area contributed by atoms with Crippen molar-refractivity contribution < 1.29 is 22.7 Å². The second kappa shape index (κ2) is 6.81. The number of sulfone groups is 1. The van der Waals surface area contributed by atoms with Crippen molar-refractivity contribution >= 4 is 21.7 Å². The maximum atomic E-state index is 12.9. The Hall–Kier alpha value is -2.46. The van der Waals surface area contributed by atoms with Crippen LogP contribution in [0.2, 0.25) is 0 Å². The molecule has 0 saturated heterocycles.